The van der Waals surface area contributed by atoms with Gasteiger partial charge in [-0.2, -0.15) is 0 Å². The number of carbonyl (C=O) groups excluding carboxylic acids is 1. The van der Waals surface area contributed by atoms with Gasteiger partial charge >= 0.3 is 5.97 Å². The molecule has 1 aromatic rings. The molecule has 0 fully saturated rings. The van der Waals surface area contributed by atoms with Crippen molar-refractivity contribution < 1.29 is 19.4 Å². The maximum absolute atomic E-state index is 12.0. The summed E-state index contributed by atoms with van der Waals surface area (Å²) in [5.41, 5.74) is 0. The van der Waals surface area contributed by atoms with Gasteiger partial charge < -0.3 is 19.9 Å². The highest BCUT2D eigenvalue weighted by Gasteiger charge is 2.22. The number of ether oxygens (including phenoxy) is 2. The van der Waals surface area contributed by atoms with E-state index in [0.717, 1.165) is 17.7 Å². The van der Waals surface area contributed by atoms with E-state index in [1.54, 1.807) is 18.0 Å². The van der Waals surface area contributed by atoms with Crippen LogP contribution < -0.4 is 10.1 Å². The van der Waals surface area contributed by atoms with Gasteiger partial charge in [0.2, 0.25) is 0 Å². The number of hydrogen-bond acceptors (Lipinski definition) is 7. The van der Waals surface area contributed by atoms with E-state index in [2.05, 4.69) is 24.1 Å². The Morgan fingerprint density at radius 1 is 1.54 bits per heavy atom. The lowest BCUT2D eigenvalue weighted by molar-refractivity contribution is -0.144. The molecule has 2 rings (SSSR count). The molecule has 0 bridgehead atoms. The number of nitrogens with zero attached hydrogens (tertiary/aromatic N) is 1. The highest BCUT2D eigenvalue weighted by molar-refractivity contribution is 7.99. The zero-order valence-electron chi connectivity index (χ0n) is 15.7. The number of thioether (sulfide) groups is 1. The molecule has 1 aromatic heterocycles. The molecule has 1 aliphatic rings. The largest absolute Gasteiger partial charge is 0.486 e. The van der Waals surface area contributed by atoms with Crippen molar-refractivity contribution in [2.24, 2.45) is 5.92 Å². The normalized spacial score (nSPS) is 17.0. The maximum Gasteiger partial charge on any atom is 0.306 e. The van der Waals surface area contributed by atoms with Crippen LogP contribution in [0.3, 0.4) is 0 Å². The molecule has 6 nitrogen and oxygen atoms in total. The third-order valence-electron chi connectivity index (χ3n) is 4.45. The summed E-state index contributed by atoms with van der Waals surface area (Å²) in [6.07, 6.45) is 6.60. The SMILES string of the molecule is CCCCC(CC)COC(=O)CCSc1ccnc2c1OCC(CO)N2. The van der Waals surface area contributed by atoms with Gasteiger partial charge in [-0.05, 0) is 18.4 Å². The Kier molecular flexibility index (Phi) is 9.05. The fraction of sp³-hybridized carbons (Fsp3) is 0.684. The van der Waals surface area contributed by atoms with Crippen LogP contribution in [0.15, 0.2) is 17.2 Å². The second kappa shape index (κ2) is 11.3. The van der Waals surface area contributed by atoms with E-state index in [4.69, 9.17) is 9.47 Å². The van der Waals surface area contributed by atoms with Crippen LogP contribution in [-0.4, -0.2) is 47.7 Å². The number of unbranched alkanes of at least 4 members (excludes halogenated alkanes) is 1. The number of pyridine rings is 1. The van der Waals surface area contributed by atoms with Crippen molar-refractivity contribution in [3.63, 3.8) is 0 Å². The molecule has 0 aromatic carbocycles. The van der Waals surface area contributed by atoms with E-state index in [9.17, 15) is 9.90 Å². The average molecular weight is 383 g/mol. The van der Waals surface area contributed by atoms with Crippen LogP contribution in [-0.2, 0) is 9.53 Å². The van der Waals surface area contributed by atoms with Gasteiger partial charge in [0.15, 0.2) is 11.6 Å². The van der Waals surface area contributed by atoms with Crippen LogP contribution in [0, 0.1) is 5.92 Å². The number of fused-ring (bicyclic) bond motifs is 1. The van der Waals surface area contributed by atoms with E-state index >= 15 is 0 Å². The van der Waals surface area contributed by atoms with Gasteiger partial charge in [0.1, 0.15) is 6.61 Å². The Morgan fingerprint density at radius 2 is 2.38 bits per heavy atom. The summed E-state index contributed by atoms with van der Waals surface area (Å²) in [6.45, 7) is 5.26. The molecule has 2 N–H and O–H groups in total. The van der Waals surface area contributed by atoms with Gasteiger partial charge in [-0.25, -0.2) is 4.98 Å². The first-order chi connectivity index (χ1) is 12.7. The molecule has 2 atom stereocenters. The number of nitrogens with one attached hydrogen (secondary N) is 1. The van der Waals surface area contributed by atoms with Crippen molar-refractivity contribution in [1.29, 1.82) is 0 Å². The number of carbonyl (C=O) groups is 1. The quantitative estimate of drug-likeness (QED) is 0.448. The van der Waals surface area contributed by atoms with E-state index in [1.165, 1.54) is 12.8 Å². The van der Waals surface area contributed by atoms with Gasteiger partial charge in [0, 0.05) is 11.9 Å². The van der Waals surface area contributed by atoms with Crippen molar-refractivity contribution in [1.82, 2.24) is 4.98 Å². The molecule has 7 heteroatoms. The van der Waals surface area contributed by atoms with Crippen molar-refractivity contribution in [3.8, 4) is 5.75 Å². The number of esters is 1. The molecule has 0 spiro atoms. The summed E-state index contributed by atoms with van der Waals surface area (Å²) in [6, 6.07) is 1.75. The highest BCUT2D eigenvalue weighted by atomic mass is 32.2. The van der Waals surface area contributed by atoms with Gasteiger partial charge in [-0.15, -0.1) is 11.8 Å². The molecule has 26 heavy (non-hydrogen) atoms. The summed E-state index contributed by atoms with van der Waals surface area (Å²) >= 11 is 1.56. The Morgan fingerprint density at radius 3 is 3.12 bits per heavy atom. The summed E-state index contributed by atoms with van der Waals surface area (Å²) in [4.78, 5) is 17.2. The van der Waals surface area contributed by atoms with Crippen LogP contribution in [0.4, 0.5) is 5.82 Å². The standard InChI is InChI=1S/C19H30N2O4S/c1-3-5-6-14(4-2)12-24-17(23)8-10-26-16-7-9-20-19-18(16)25-13-15(11-22)21-19/h7,9,14-15,22H,3-6,8,10-13H2,1-2H3,(H,20,21). The summed E-state index contributed by atoms with van der Waals surface area (Å²) in [5.74, 6) is 2.30. The van der Waals surface area contributed by atoms with E-state index in [0.29, 0.717) is 42.9 Å². The van der Waals surface area contributed by atoms with Crippen LogP contribution in [0.25, 0.3) is 0 Å². The minimum atomic E-state index is -0.144. The smallest absolute Gasteiger partial charge is 0.306 e. The third-order valence-corrected chi connectivity index (χ3v) is 5.49. The van der Waals surface area contributed by atoms with E-state index in [-0.39, 0.29) is 18.6 Å². The molecule has 0 radical (unpaired) electrons. The fourth-order valence-electron chi connectivity index (χ4n) is 2.73. The van der Waals surface area contributed by atoms with E-state index in [1.807, 2.05) is 6.07 Å². The van der Waals surface area contributed by atoms with Crippen LogP contribution in [0.5, 0.6) is 5.75 Å². The van der Waals surface area contributed by atoms with Crippen molar-refractivity contribution in [3.05, 3.63) is 12.3 Å². The molecular formula is C19H30N2O4S. The maximum atomic E-state index is 12.0. The molecule has 0 saturated heterocycles. The first-order valence-corrected chi connectivity index (χ1v) is 10.4. The fourth-order valence-corrected chi connectivity index (χ4v) is 3.66. The lowest BCUT2D eigenvalue weighted by Crippen LogP contribution is -2.35. The molecular weight excluding hydrogens is 352 g/mol. The second-order valence-corrected chi connectivity index (χ2v) is 7.66. The van der Waals surface area contributed by atoms with Gasteiger partial charge in [-0.1, -0.05) is 33.1 Å². The number of rotatable bonds is 11. The highest BCUT2D eigenvalue weighted by Crippen LogP contribution is 2.37. The Bertz CT molecular complexity index is 570. The van der Waals surface area contributed by atoms with Crippen LogP contribution in [0.2, 0.25) is 0 Å². The molecule has 0 saturated carbocycles. The van der Waals surface area contributed by atoms with Crippen molar-refractivity contribution in [2.45, 2.75) is 56.9 Å². The molecule has 1 aliphatic heterocycles. The number of aromatic nitrogens is 1. The molecule has 0 aliphatic carbocycles. The Labute approximate surface area is 160 Å². The molecule has 2 heterocycles. The first-order valence-electron chi connectivity index (χ1n) is 9.45. The third kappa shape index (κ3) is 6.36. The molecule has 2 unspecified atom stereocenters. The van der Waals surface area contributed by atoms with Crippen molar-refractivity contribution >= 4 is 23.5 Å². The zero-order chi connectivity index (χ0) is 18.8. The van der Waals surface area contributed by atoms with Gasteiger partial charge in [0.05, 0.1) is 30.6 Å². The topological polar surface area (TPSA) is 80.7 Å². The lowest BCUT2D eigenvalue weighted by Gasteiger charge is -2.26. The van der Waals surface area contributed by atoms with Crippen molar-refractivity contribution in [2.75, 3.05) is 30.9 Å². The first kappa shape index (κ1) is 20.8. The lowest BCUT2D eigenvalue weighted by atomic mass is 10.0. The number of hydrogen-bond donors (Lipinski definition) is 2. The minimum Gasteiger partial charge on any atom is -0.486 e. The van der Waals surface area contributed by atoms with Crippen LogP contribution >= 0.6 is 11.8 Å². The van der Waals surface area contributed by atoms with Gasteiger partial charge in [-0.3, -0.25) is 4.79 Å². The summed E-state index contributed by atoms with van der Waals surface area (Å²) in [7, 11) is 0. The molecule has 146 valence electrons. The molecule has 0 amide bonds. The number of aliphatic hydroxyl groups excluding tert-OH is 1. The van der Waals surface area contributed by atoms with Crippen LogP contribution in [0.1, 0.15) is 46.0 Å². The zero-order valence-corrected chi connectivity index (χ0v) is 16.5. The predicted octanol–water partition coefficient (Wildman–Crippen LogP) is 3.49. The second-order valence-electron chi connectivity index (χ2n) is 6.52. The summed E-state index contributed by atoms with van der Waals surface area (Å²) in [5, 5.41) is 12.4. The monoisotopic (exact) mass is 382 g/mol. The Balaban J connectivity index is 1.75. The Hall–Kier alpha value is -1.47. The minimum absolute atomic E-state index is 0.00133. The van der Waals surface area contributed by atoms with Gasteiger partial charge in [0.25, 0.3) is 0 Å². The number of aliphatic hydroxyl groups is 1. The predicted molar refractivity (Wildman–Crippen MR) is 104 cm³/mol. The average Bonchev–Trinajstić information content (AvgIpc) is 2.67. The van der Waals surface area contributed by atoms with E-state index < -0.39 is 0 Å². The number of anilines is 1. The summed E-state index contributed by atoms with van der Waals surface area (Å²) < 4.78 is 11.2.